The van der Waals surface area contributed by atoms with E-state index >= 15 is 0 Å². The van der Waals surface area contributed by atoms with E-state index in [9.17, 15) is 0 Å². The highest BCUT2D eigenvalue weighted by Crippen LogP contribution is 2.29. The zero-order valence-electron chi connectivity index (χ0n) is 12.7. The zero-order valence-corrected chi connectivity index (χ0v) is 12.7. The Labute approximate surface area is 122 Å². The Bertz CT molecular complexity index is 414. The second-order valence-corrected chi connectivity index (χ2v) is 6.35. The van der Waals surface area contributed by atoms with E-state index in [0.29, 0.717) is 0 Å². The quantitative estimate of drug-likeness (QED) is 0.865. The summed E-state index contributed by atoms with van der Waals surface area (Å²) in [6, 6.07) is 0.779. The van der Waals surface area contributed by atoms with Crippen molar-refractivity contribution in [2.24, 2.45) is 5.92 Å². The summed E-state index contributed by atoms with van der Waals surface area (Å²) in [6.45, 7) is 8.00. The van der Waals surface area contributed by atoms with Gasteiger partial charge in [-0.3, -0.25) is 4.90 Å². The lowest BCUT2D eigenvalue weighted by Gasteiger charge is -2.29. The Morgan fingerprint density at radius 1 is 1.35 bits per heavy atom. The number of imidazole rings is 1. The number of nitrogens with zero attached hydrogens (tertiary/aromatic N) is 3. The maximum atomic E-state index is 4.45. The topological polar surface area (TPSA) is 33.1 Å². The molecule has 2 aliphatic rings. The number of fused-ring (bicyclic) bond motifs is 1. The minimum absolute atomic E-state index is 0.779. The standard InChI is InChI=1S/C16H28N4/c1-2-7-17-15-5-3-4-14(15)6-9-19-11-12-20-10-8-18-16(20)13-19/h8,10,14-15,17H,2-7,9,11-13H2,1H3. The van der Waals surface area contributed by atoms with Gasteiger partial charge < -0.3 is 9.88 Å². The van der Waals surface area contributed by atoms with Crippen molar-refractivity contribution in [2.75, 3.05) is 19.6 Å². The van der Waals surface area contributed by atoms with Gasteiger partial charge in [-0.2, -0.15) is 0 Å². The van der Waals surface area contributed by atoms with E-state index in [1.165, 1.54) is 57.6 Å². The lowest BCUT2D eigenvalue weighted by molar-refractivity contribution is 0.196. The molecule has 1 aliphatic carbocycles. The molecule has 4 heteroatoms. The number of hydrogen-bond acceptors (Lipinski definition) is 3. The van der Waals surface area contributed by atoms with Crippen LogP contribution in [-0.2, 0) is 13.1 Å². The Morgan fingerprint density at radius 3 is 3.20 bits per heavy atom. The van der Waals surface area contributed by atoms with Crippen LogP contribution in [0.15, 0.2) is 12.4 Å². The summed E-state index contributed by atoms with van der Waals surface area (Å²) in [5, 5.41) is 3.75. The fraction of sp³-hybridized carbons (Fsp3) is 0.812. The van der Waals surface area contributed by atoms with Crippen molar-refractivity contribution < 1.29 is 0 Å². The van der Waals surface area contributed by atoms with Crippen LogP contribution in [0.5, 0.6) is 0 Å². The third kappa shape index (κ3) is 3.23. The van der Waals surface area contributed by atoms with Crippen LogP contribution in [0.2, 0.25) is 0 Å². The highest BCUT2D eigenvalue weighted by atomic mass is 15.2. The summed E-state index contributed by atoms with van der Waals surface area (Å²) in [5.41, 5.74) is 0. The van der Waals surface area contributed by atoms with Crippen molar-refractivity contribution in [1.29, 1.82) is 0 Å². The Balaban J connectivity index is 1.45. The van der Waals surface area contributed by atoms with Crippen molar-refractivity contribution in [3.8, 4) is 0 Å². The molecule has 3 rings (SSSR count). The van der Waals surface area contributed by atoms with Gasteiger partial charge >= 0.3 is 0 Å². The van der Waals surface area contributed by atoms with Crippen LogP contribution in [0.25, 0.3) is 0 Å². The third-order valence-electron chi connectivity index (χ3n) is 4.96. The van der Waals surface area contributed by atoms with Crippen LogP contribution in [0.3, 0.4) is 0 Å². The molecule has 1 fully saturated rings. The molecule has 1 aliphatic heterocycles. The Morgan fingerprint density at radius 2 is 2.30 bits per heavy atom. The number of rotatable bonds is 6. The van der Waals surface area contributed by atoms with E-state index in [0.717, 1.165) is 25.0 Å². The molecule has 0 bridgehead atoms. The molecule has 0 spiro atoms. The monoisotopic (exact) mass is 276 g/mol. The molecule has 112 valence electrons. The van der Waals surface area contributed by atoms with Crippen LogP contribution >= 0.6 is 0 Å². The van der Waals surface area contributed by atoms with Crippen LogP contribution in [0, 0.1) is 5.92 Å². The van der Waals surface area contributed by atoms with E-state index in [2.05, 4.69) is 32.9 Å². The van der Waals surface area contributed by atoms with Gasteiger partial charge in [0.05, 0.1) is 6.54 Å². The number of aromatic nitrogens is 2. The molecule has 2 heterocycles. The van der Waals surface area contributed by atoms with E-state index in [1.807, 2.05) is 6.20 Å². The molecule has 1 N–H and O–H groups in total. The summed E-state index contributed by atoms with van der Waals surface area (Å²) in [4.78, 5) is 7.03. The second kappa shape index (κ2) is 6.72. The molecule has 0 saturated heterocycles. The first kappa shape index (κ1) is 14.1. The van der Waals surface area contributed by atoms with Gasteiger partial charge in [0.25, 0.3) is 0 Å². The van der Waals surface area contributed by atoms with Crippen LogP contribution in [0.1, 0.15) is 44.9 Å². The average Bonchev–Trinajstić information content (AvgIpc) is 3.11. The van der Waals surface area contributed by atoms with Crippen molar-refractivity contribution in [1.82, 2.24) is 19.8 Å². The van der Waals surface area contributed by atoms with E-state index in [1.54, 1.807) is 0 Å². The number of hydrogen-bond donors (Lipinski definition) is 1. The molecular formula is C16H28N4. The van der Waals surface area contributed by atoms with E-state index < -0.39 is 0 Å². The molecule has 1 aromatic heterocycles. The molecule has 2 unspecified atom stereocenters. The highest BCUT2D eigenvalue weighted by Gasteiger charge is 2.27. The molecule has 0 amide bonds. The van der Waals surface area contributed by atoms with Gasteiger partial charge in [-0.1, -0.05) is 13.3 Å². The average molecular weight is 276 g/mol. The first-order chi connectivity index (χ1) is 9.86. The highest BCUT2D eigenvalue weighted by molar-refractivity contribution is 4.95. The predicted octanol–water partition coefficient (Wildman–Crippen LogP) is 2.26. The Kier molecular flexibility index (Phi) is 4.73. The number of nitrogens with one attached hydrogen (secondary N) is 1. The largest absolute Gasteiger partial charge is 0.333 e. The second-order valence-electron chi connectivity index (χ2n) is 6.35. The SMILES string of the molecule is CCCNC1CCCC1CCN1CCn2ccnc2C1. The van der Waals surface area contributed by atoms with Gasteiger partial charge in [-0.25, -0.2) is 4.98 Å². The maximum absolute atomic E-state index is 4.45. The van der Waals surface area contributed by atoms with Gasteiger partial charge in [-0.05, 0) is 44.7 Å². The van der Waals surface area contributed by atoms with Crippen molar-refractivity contribution in [3.63, 3.8) is 0 Å². The zero-order chi connectivity index (χ0) is 13.8. The van der Waals surface area contributed by atoms with Gasteiger partial charge in [0.2, 0.25) is 0 Å². The van der Waals surface area contributed by atoms with Crippen LogP contribution in [0.4, 0.5) is 0 Å². The van der Waals surface area contributed by atoms with Crippen LogP contribution < -0.4 is 5.32 Å². The first-order valence-corrected chi connectivity index (χ1v) is 8.32. The molecule has 20 heavy (non-hydrogen) atoms. The summed E-state index contributed by atoms with van der Waals surface area (Å²) in [5.74, 6) is 2.13. The minimum atomic E-state index is 0.779. The summed E-state index contributed by atoms with van der Waals surface area (Å²) < 4.78 is 2.29. The Hall–Kier alpha value is -0.870. The molecule has 1 saturated carbocycles. The van der Waals surface area contributed by atoms with Gasteiger partial charge in [0, 0.05) is 31.5 Å². The third-order valence-corrected chi connectivity index (χ3v) is 4.96. The first-order valence-electron chi connectivity index (χ1n) is 8.32. The van der Waals surface area contributed by atoms with E-state index in [4.69, 9.17) is 0 Å². The van der Waals surface area contributed by atoms with Gasteiger partial charge in [0.15, 0.2) is 0 Å². The summed E-state index contributed by atoms with van der Waals surface area (Å²) in [7, 11) is 0. The molecule has 4 nitrogen and oxygen atoms in total. The van der Waals surface area contributed by atoms with E-state index in [-0.39, 0.29) is 0 Å². The van der Waals surface area contributed by atoms with Crippen LogP contribution in [-0.4, -0.2) is 40.1 Å². The minimum Gasteiger partial charge on any atom is -0.333 e. The molecule has 0 radical (unpaired) electrons. The molecule has 2 atom stereocenters. The molecule has 0 aromatic carbocycles. The fourth-order valence-corrected chi connectivity index (χ4v) is 3.74. The van der Waals surface area contributed by atoms with Gasteiger partial charge in [-0.15, -0.1) is 0 Å². The lowest BCUT2D eigenvalue weighted by atomic mass is 9.99. The van der Waals surface area contributed by atoms with Crippen molar-refractivity contribution in [2.45, 2.75) is 58.2 Å². The maximum Gasteiger partial charge on any atom is 0.122 e. The van der Waals surface area contributed by atoms with Crippen molar-refractivity contribution in [3.05, 3.63) is 18.2 Å². The fourth-order valence-electron chi connectivity index (χ4n) is 3.74. The predicted molar refractivity (Wildman–Crippen MR) is 81.5 cm³/mol. The summed E-state index contributed by atoms with van der Waals surface area (Å²) >= 11 is 0. The summed E-state index contributed by atoms with van der Waals surface area (Å²) in [6.07, 6.45) is 10.9. The van der Waals surface area contributed by atoms with Crippen molar-refractivity contribution >= 4 is 0 Å². The smallest absolute Gasteiger partial charge is 0.122 e. The normalized spacial score (nSPS) is 26.9. The molecule has 1 aromatic rings. The molecular weight excluding hydrogens is 248 g/mol. The lowest BCUT2D eigenvalue weighted by Crippen LogP contribution is -2.38. The van der Waals surface area contributed by atoms with Gasteiger partial charge in [0.1, 0.15) is 5.82 Å².